The van der Waals surface area contributed by atoms with Gasteiger partial charge in [0.15, 0.2) is 0 Å². The van der Waals surface area contributed by atoms with Crippen LogP contribution in [0.3, 0.4) is 0 Å². The zero-order valence-electron chi connectivity index (χ0n) is 10.8. The summed E-state index contributed by atoms with van der Waals surface area (Å²) in [6.45, 7) is 3.84. The molecule has 1 aliphatic rings. The largest absolute Gasteiger partial charge is 0.350 e. The highest BCUT2D eigenvalue weighted by molar-refractivity contribution is 5.96. The van der Waals surface area contributed by atoms with Crippen molar-refractivity contribution in [2.45, 2.75) is 39.2 Å². The monoisotopic (exact) mass is 247 g/mol. The van der Waals surface area contributed by atoms with Crippen LogP contribution in [0.5, 0.6) is 0 Å². The lowest BCUT2D eigenvalue weighted by molar-refractivity contribution is -0.116. The zero-order chi connectivity index (χ0) is 13.1. The molecule has 1 aliphatic carbocycles. The number of carbonyl (C=O) groups is 1. The Hall–Kier alpha value is -1.64. The van der Waals surface area contributed by atoms with Crippen molar-refractivity contribution >= 4 is 11.5 Å². The fourth-order valence-corrected chi connectivity index (χ4v) is 2.30. The molecular formula is C15H18FNO. The topological polar surface area (TPSA) is 29.1 Å². The first kappa shape index (κ1) is 12.8. The van der Waals surface area contributed by atoms with Gasteiger partial charge in [-0.3, -0.25) is 4.79 Å². The Balaban J connectivity index is 2.29. The number of hydrogen-bond acceptors (Lipinski definition) is 1. The summed E-state index contributed by atoms with van der Waals surface area (Å²) in [5.41, 5.74) is 2.96. The van der Waals surface area contributed by atoms with E-state index >= 15 is 0 Å². The predicted molar refractivity (Wildman–Crippen MR) is 70.6 cm³/mol. The molecular weight excluding hydrogens is 229 g/mol. The van der Waals surface area contributed by atoms with Crippen molar-refractivity contribution in [3.8, 4) is 0 Å². The molecule has 1 N–H and O–H groups in total. The molecule has 1 aromatic carbocycles. The minimum absolute atomic E-state index is 0.0999. The molecule has 0 aromatic heterocycles. The highest BCUT2D eigenvalue weighted by Gasteiger charge is 2.15. The fraction of sp³-hybridized carbons (Fsp3) is 0.400. The number of hydrogen-bond donors (Lipinski definition) is 1. The van der Waals surface area contributed by atoms with Gasteiger partial charge < -0.3 is 5.32 Å². The third-order valence-corrected chi connectivity index (χ3v) is 3.05. The van der Waals surface area contributed by atoms with Crippen LogP contribution in [0.1, 0.15) is 37.8 Å². The summed E-state index contributed by atoms with van der Waals surface area (Å²) in [6.07, 6.45) is 4.41. The van der Waals surface area contributed by atoms with Crippen molar-refractivity contribution in [3.05, 3.63) is 41.2 Å². The van der Waals surface area contributed by atoms with Crippen LogP contribution in [0, 0.1) is 5.82 Å². The number of amides is 1. The average molecular weight is 247 g/mol. The number of aryl methyl sites for hydroxylation is 1. The van der Waals surface area contributed by atoms with Gasteiger partial charge >= 0.3 is 0 Å². The zero-order valence-corrected chi connectivity index (χ0v) is 10.8. The highest BCUT2D eigenvalue weighted by atomic mass is 19.1. The lowest BCUT2D eigenvalue weighted by Gasteiger charge is -2.19. The number of nitrogens with one attached hydrogen (secondary N) is 1. The molecule has 0 atom stereocenters. The summed E-state index contributed by atoms with van der Waals surface area (Å²) in [6, 6.07) is 4.95. The van der Waals surface area contributed by atoms with Gasteiger partial charge in [0.05, 0.1) is 0 Å². The molecule has 0 aliphatic heterocycles. The van der Waals surface area contributed by atoms with E-state index in [1.807, 2.05) is 19.9 Å². The predicted octanol–water partition coefficient (Wildman–Crippen LogP) is 3.07. The number of rotatable bonds is 2. The van der Waals surface area contributed by atoms with E-state index in [0.29, 0.717) is 0 Å². The molecule has 0 saturated carbocycles. The summed E-state index contributed by atoms with van der Waals surface area (Å²) < 4.78 is 13.3. The smallest absolute Gasteiger partial charge is 0.244 e. The molecule has 0 unspecified atom stereocenters. The van der Waals surface area contributed by atoms with Crippen molar-refractivity contribution < 1.29 is 9.18 Å². The molecule has 0 radical (unpaired) electrons. The van der Waals surface area contributed by atoms with E-state index in [4.69, 9.17) is 0 Å². The Labute approximate surface area is 107 Å². The van der Waals surface area contributed by atoms with Crippen molar-refractivity contribution in [2.24, 2.45) is 0 Å². The van der Waals surface area contributed by atoms with Gasteiger partial charge in [-0.2, -0.15) is 0 Å². The van der Waals surface area contributed by atoms with Gasteiger partial charge in [0.25, 0.3) is 0 Å². The second kappa shape index (κ2) is 5.34. The second-order valence-corrected chi connectivity index (χ2v) is 4.99. The highest BCUT2D eigenvalue weighted by Crippen LogP contribution is 2.31. The first-order valence-electron chi connectivity index (χ1n) is 6.36. The Kier molecular flexibility index (Phi) is 3.80. The van der Waals surface area contributed by atoms with E-state index in [2.05, 4.69) is 5.32 Å². The van der Waals surface area contributed by atoms with Gasteiger partial charge in [-0.1, -0.05) is 6.07 Å². The van der Waals surface area contributed by atoms with Gasteiger partial charge in [0.2, 0.25) is 5.91 Å². The van der Waals surface area contributed by atoms with Gasteiger partial charge in [0, 0.05) is 12.1 Å². The molecule has 0 fully saturated rings. The molecule has 0 saturated heterocycles. The lowest BCUT2D eigenvalue weighted by atomic mass is 9.87. The maximum absolute atomic E-state index is 13.3. The molecule has 96 valence electrons. The molecule has 0 heterocycles. The Morgan fingerprint density at radius 1 is 1.39 bits per heavy atom. The quantitative estimate of drug-likeness (QED) is 0.799. The van der Waals surface area contributed by atoms with Gasteiger partial charge in [0.1, 0.15) is 5.82 Å². The third-order valence-electron chi connectivity index (χ3n) is 3.05. The molecule has 0 spiro atoms. The third kappa shape index (κ3) is 2.97. The molecule has 1 aromatic rings. The van der Waals surface area contributed by atoms with E-state index in [9.17, 15) is 9.18 Å². The van der Waals surface area contributed by atoms with Crippen LogP contribution in [0.25, 0.3) is 5.57 Å². The Morgan fingerprint density at radius 3 is 2.89 bits per heavy atom. The Bertz CT molecular complexity index is 491. The second-order valence-electron chi connectivity index (χ2n) is 4.99. The molecule has 0 bridgehead atoms. The SMILES string of the molecule is CC(C)NC(=O)C=C1CCCc2ccc(F)cc21. The van der Waals surface area contributed by atoms with Crippen LogP contribution < -0.4 is 5.32 Å². The van der Waals surface area contributed by atoms with Gasteiger partial charge in [-0.15, -0.1) is 0 Å². The standard InChI is InChI=1S/C15H18FNO/c1-10(2)17-15(18)8-12-5-3-4-11-6-7-13(16)9-14(11)12/h6-10H,3-5H2,1-2H3,(H,17,18). The molecule has 3 heteroatoms. The van der Waals surface area contributed by atoms with Crippen LogP contribution in [-0.4, -0.2) is 11.9 Å². The number of benzene rings is 1. The Morgan fingerprint density at radius 2 is 2.17 bits per heavy atom. The van der Waals surface area contributed by atoms with Gasteiger partial charge in [-0.25, -0.2) is 4.39 Å². The molecule has 18 heavy (non-hydrogen) atoms. The van der Waals surface area contributed by atoms with Crippen LogP contribution in [0.4, 0.5) is 4.39 Å². The molecule has 2 nitrogen and oxygen atoms in total. The number of fused-ring (bicyclic) bond motifs is 1. The van der Waals surface area contributed by atoms with Crippen molar-refractivity contribution in [2.75, 3.05) is 0 Å². The van der Waals surface area contributed by atoms with Crippen LogP contribution in [0.2, 0.25) is 0 Å². The van der Waals surface area contributed by atoms with E-state index in [1.54, 1.807) is 6.08 Å². The van der Waals surface area contributed by atoms with E-state index < -0.39 is 0 Å². The molecule has 2 rings (SSSR count). The van der Waals surface area contributed by atoms with E-state index in [1.165, 1.54) is 12.1 Å². The van der Waals surface area contributed by atoms with Crippen LogP contribution in [0.15, 0.2) is 24.3 Å². The number of carbonyl (C=O) groups excluding carboxylic acids is 1. The minimum Gasteiger partial charge on any atom is -0.350 e. The first-order chi connectivity index (χ1) is 8.56. The average Bonchev–Trinajstić information content (AvgIpc) is 2.28. The summed E-state index contributed by atoms with van der Waals surface area (Å²) >= 11 is 0. The molecule has 1 amide bonds. The van der Waals surface area contributed by atoms with E-state index in [0.717, 1.165) is 36.0 Å². The number of halogens is 1. The maximum Gasteiger partial charge on any atom is 0.244 e. The minimum atomic E-state index is -0.245. The lowest BCUT2D eigenvalue weighted by Crippen LogP contribution is -2.28. The summed E-state index contributed by atoms with van der Waals surface area (Å²) in [5.74, 6) is -0.345. The van der Waals surface area contributed by atoms with Crippen molar-refractivity contribution in [1.82, 2.24) is 5.32 Å². The van der Waals surface area contributed by atoms with Crippen LogP contribution in [-0.2, 0) is 11.2 Å². The van der Waals surface area contributed by atoms with Crippen molar-refractivity contribution in [1.29, 1.82) is 0 Å². The first-order valence-corrected chi connectivity index (χ1v) is 6.36. The number of allylic oxidation sites excluding steroid dienone is 1. The van der Waals surface area contributed by atoms with Gasteiger partial charge in [-0.05, 0) is 61.9 Å². The summed E-state index contributed by atoms with van der Waals surface area (Å²) in [5, 5.41) is 2.83. The summed E-state index contributed by atoms with van der Waals surface area (Å²) in [7, 11) is 0. The maximum atomic E-state index is 13.3. The normalized spacial score (nSPS) is 16.8. The van der Waals surface area contributed by atoms with Crippen LogP contribution >= 0.6 is 0 Å². The van der Waals surface area contributed by atoms with E-state index in [-0.39, 0.29) is 17.8 Å². The fourth-order valence-electron chi connectivity index (χ4n) is 2.30. The van der Waals surface area contributed by atoms with Crippen molar-refractivity contribution in [3.63, 3.8) is 0 Å². The summed E-state index contributed by atoms with van der Waals surface area (Å²) in [4.78, 5) is 11.7.